The van der Waals surface area contributed by atoms with Crippen molar-refractivity contribution in [3.8, 4) is 11.3 Å². The molecule has 1 aliphatic rings. The van der Waals surface area contributed by atoms with Gasteiger partial charge in [0.2, 0.25) is 0 Å². The van der Waals surface area contributed by atoms with Crippen LogP contribution in [-0.2, 0) is 0 Å². The lowest BCUT2D eigenvalue weighted by atomic mass is 10.1. The van der Waals surface area contributed by atoms with E-state index in [0.29, 0.717) is 11.9 Å². The van der Waals surface area contributed by atoms with E-state index >= 15 is 0 Å². The van der Waals surface area contributed by atoms with E-state index in [1.54, 1.807) is 0 Å². The van der Waals surface area contributed by atoms with Crippen LogP contribution < -0.4 is 5.73 Å². The van der Waals surface area contributed by atoms with Gasteiger partial charge >= 0.3 is 0 Å². The van der Waals surface area contributed by atoms with Gasteiger partial charge in [-0.2, -0.15) is 0 Å². The lowest BCUT2D eigenvalue weighted by Crippen LogP contribution is -2.05. The second-order valence-electron chi connectivity index (χ2n) is 5.23. The van der Waals surface area contributed by atoms with Crippen molar-refractivity contribution in [3.63, 3.8) is 0 Å². The third-order valence-corrected chi connectivity index (χ3v) is 3.81. The molecular formula is C14H18N4. The Balaban J connectivity index is 1.94. The van der Waals surface area contributed by atoms with Crippen LogP contribution >= 0.6 is 0 Å². The Morgan fingerprint density at radius 2 is 2.17 bits per heavy atom. The van der Waals surface area contributed by atoms with Gasteiger partial charge in [-0.15, -0.1) is 0 Å². The Hall–Kier alpha value is -1.84. The van der Waals surface area contributed by atoms with Crippen molar-refractivity contribution < 1.29 is 0 Å². The topological polar surface area (TPSA) is 56.7 Å². The fourth-order valence-corrected chi connectivity index (χ4v) is 2.81. The molecule has 0 radical (unpaired) electrons. The van der Waals surface area contributed by atoms with Crippen LogP contribution in [0, 0.1) is 5.92 Å². The molecule has 0 saturated heterocycles. The van der Waals surface area contributed by atoms with Crippen molar-refractivity contribution in [1.29, 1.82) is 0 Å². The molecule has 1 aliphatic carbocycles. The van der Waals surface area contributed by atoms with E-state index in [-0.39, 0.29) is 0 Å². The van der Waals surface area contributed by atoms with E-state index in [4.69, 9.17) is 5.73 Å². The summed E-state index contributed by atoms with van der Waals surface area (Å²) in [6, 6.07) is 4.42. The highest BCUT2D eigenvalue weighted by Gasteiger charge is 2.24. The van der Waals surface area contributed by atoms with Crippen LogP contribution in [0.5, 0.6) is 0 Å². The molecule has 3 rings (SSSR count). The van der Waals surface area contributed by atoms with E-state index in [9.17, 15) is 0 Å². The molecular weight excluding hydrogens is 224 g/mol. The molecule has 94 valence electrons. The van der Waals surface area contributed by atoms with Gasteiger partial charge in [0.05, 0.1) is 18.2 Å². The predicted molar refractivity (Wildman–Crippen MR) is 71.9 cm³/mol. The van der Waals surface area contributed by atoms with Crippen LogP contribution in [0.1, 0.15) is 32.2 Å². The average Bonchev–Trinajstić information content (AvgIpc) is 2.98. The van der Waals surface area contributed by atoms with Crippen LogP contribution in [0.2, 0.25) is 0 Å². The Kier molecular flexibility index (Phi) is 2.78. The van der Waals surface area contributed by atoms with Gasteiger partial charge in [0.25, 0.3) is 0 Å². The van der Waals surface area contributed by atoms with Gasteiger partial charge in [0.1, 0.15) is 5.82 Å². The Labute approximate surface area is 107 Å². The number of rotatable bonds is 2. The van der Waals surface area contributed by atoms with Gasteiger partial charge in [-0.3, -0.25) is 0 Å². The molecule has 1 saturated carbocycles. The van der Waals surface area contributed by atoms with Crippen molar-refractivity contribution in [1.82, 2.24) is 14.5 Å². The van der Waals surface area contributed by atoms with E-state index in [2.05, 4.69) is 21.5 Å². The van der Waals surface area contributed by atoms with Crippen LogP contribution in [0.15, 0.2) is 30.9 Å². The quantitative estimate of drug-likeness (QED) is 0.881. The summed E-state index contributed by atoms with van der Waals surface area (Å²) >= 11 is 0. The average molecular weight is 242 g/mol. The van der Waals surface area contributed by atoms with Crippen molar-refractivity contribution in [2.45, 2.75) is 32.2 Å². The zero-order chi connectivity index (χ0) is 12.5. The molecule has 0 spiro atoms. The highest BCUT2D eigenvalue weighted by Crippen LogP contribution is 2.36. The lowest BCUT2D eigenvalue weighted by molar-refractivity contribution is 0.497. The smallest absolute Gasteiger partial charge is 0.123 e. The molecule has 0 aromatic carbocycles. The normalized spacial score (nSPS) is 23.4. The summed E-state index contributed by atoms with van der Waals surface area (Å²) in [7, 11) is 0. The molecule has 0 aliphatic heterocycles. The number of hydrogen-bond acceptors (Lipinski definition) is 3. The summed E-state index contributed by atoms with van der Waals surface area (Å²) in [6.07, 6.45) is 9.47. The van der Waals surface area contributed by atoms with Gasteiger partial charge in [-0.1, -0.05) is 6.92 Å². The van der Waals surface area contributed by atoms with E-state index in [0.717, 1.165) is 17.2 Å². The predicted octanol–water partition coefficient (Wildman–Crippen LogP) is 2.89. The van der Waals surface area contributed by atoms with E-state index in [1.807, 2.05) is 30.9 Å². The zero-order valence-corrected chi connectivity index (χ0v) is 10.6. The van der Waals surface area contributed by atoms with Crippen molar-refractivity contribution in [2.75, 3.05) is 5.73 Å². The maximum absolute atomic E-state index is 5.62. The number of nitrogens with zero attached hydrogens (tertiary/aromatic N) is 3. The zero-order valence-electron chi connectivity index (χ0n) is 10.6. The van der Waals surface area contributed by atoms with E-state index in [1.165, 1.54) is 19.3 Å². The number of imidazole rings is 1. The van der Waals surface area contributed by atoms with Gasteiger partial charge in [-0.25, -0.2) is 9.97 Å². The summed E-state index contributed by atoms with van der Waals surface area (Å²) in [5.41, 5.74) is 7.85. The minimum atomic E-state index is 0.555. The third-order valence-electron chi connectivity index (χ3n) is 3.81. The molecule has 2 heterocycles. The molecule has 0 bridgehead atoms. The van der Waals surface area contributed by atoms with Gasteiger partial charge < -0.3 is 10.3 Å². The monoisotopic (exact) mass is 242 g/mol. The fourth-order valence-electron chi connectivity index (χ4n) is 2.81. The van der Waals surface area contributed by atoms with Gasteiger partial charge in [0.15, 0.2) is 0 Å². The Morgan fingerprint density at radius 1 is 1.28 bits per heavy atom. The standard InChI is InChI=1S/C14H18N4/c1-10-2-4-12(6-10)18-9-16-8-13(18)11-3-5-14(15)17-7-11/h3,5,7-10,12H,2,4,6H2,1H3,(H2,15,17). The summed E-state index contributed by atoms with van der Waals surface area (Å²) < 4.78 is 2.29. The molecule has 4 heteroatoms. The number of hydrogen-bond donors (Lipinski definition) is 1. The van der Waals surface area contributed by atoms with Crippen LogP contribution in [0.25, 0.3) is 11.3 Å². The van der Waals surface area contributed by atoms with E-state index < -0.39 is 0 Å². The molecule has 0 amide bonds. The molecule has 18 heavy (non-hydrogen) atoms. The molecule has 2 aromatic rings. The second-order valence-corrected chi connectivity index (χ2v) is 5.23. The number of nitrogen functional groups attached to an aromatic ring is 1. The van der Waals surface area contributed by atoms with Crippen molar-refractivity contribution in [2.24, 2.45) is 5.92 Å². The summed E-state index contributed by atoms with van der Waals surface area (Å²) in [6.45, 7) is 2.32. The first-order valence-corrected chi connectivity index (χ1v) is 6.48. The van der Waals surface area contributed by atoms with Crippen LogP contribution in [0.4, 0.5) is 5.82 Å². The molecule has 2 N–H and O–H groups in total. The maximum atomic E-state index is 5.62. The lowest BCUT2D eigenvalue weighted by Gasteiger charge is -2.15. The summed E-state index contributed by atoms with van der Waals surface area (Å²) in [5.74, 6) is 1.37. The number of aromatic nitrogens is 3. The fraction of sp³-hybridized carbons (Fsp3) is 0.429. The largest absolute Gasteiger partial charge is 0.384 e. The van der Waals surface area contributed by atoms with Gasteiger partial charge in [0, 0.05) is 17.8 Å². The second kappa shape index (κ2) is 4.44. The molecule has 1 fully saturated rings. The first-order chi connectivity index (χ1) is 8.74. The first kappa shape index (κ1) is 11.3. The van der Waals surface area contributed by atoms with Crippen LogP contribution in [-0.4, -0.2) is 14.5 Å². The van der Waals surface area contributed by atoms with Gasteiger partial charge in [-0.05, 0) is 37.3 Å². The summed E-state index contributed by atoms with van der Waals surface area (Å²) in [5, 5.41) is 0. The molecule has 2 aromatic heterocycles. The van der Waals surface area contributed by atoms with Crippen molar-refractivity contribution in [3.05, 3.63) is 30.9 Å². The minimum Gasteiger partial charge on any atom is -0.384 e. The maximum Gasteiger partial charge on any atom is 0.123 e. The highest BCUT2D eigenvalue weighted by molar-refractivity contribution is 5.59. The molecule has 2 atom stereocenters. The van der Waals surface area contributed by atoms with Crippen molar-refractivity contribution >= 4 is 5.82 Å². The number of pyridine rings is 1. The summed E-state index contributed by atoms with van der Waals surface area (Å²) in [4.78, 5) is 8.45. The minimum absolute atomic E-state index is 0.555. The number of nitrogens with two attached hydrogens (primary N) is 1. The molecule has 4 nitrogen and oxygen atoms in total. The molecule has 2 unspecified atom stereocenters. The highest BCUT2D eigenvalue weighted by atomic mass is 15.1. The van der Waals surface area contributed by atoms with Crippen LogP contribution in [0.3, 0.4) is 0 Å². The third kappa shape index (κ3) is 1.98. The Bertz CT molecular complexity index is 529. The SMILES string of the molecule is CC1CCC(n2cncc2-c2ccc(N)nc2)C1. The first-order valence-electron chi connectivity index (χ1n) is 6.48. The Morgan fingerprint density at radius 3 is 2.83 bits per heavy atom. The number of anilines is 1.